The number of benzene rings is 1. The monoisotopic (exact) mass is 282 g/mol. The lowest BCUT2D eigenvalue weighted by Gasteiger charge is -2.13. The Labute approximate surface area is 122 Å². The van der Waals surface area contributed by atoms with Crippen LogP contribution in [0.5, 0.6) is 5.75 Å². The first kappa shape index (κ1) is 14.6. The molecule has 0 aliphatic heterocycles. The van der Waals surface area contributed by atoms with Gasteiger partial charge in [0, 0.05) is 0 Å². The zero-order valence-electron chi connectivity index (χ0n) is 11.5. The zero-order valence-corrected chi connectivity index (χ0v) is 11.5. The summed E-state index contributed by atoms with van der Waals surface area (Å²) in [5, 5.41) is 27.8. The van der Waals surface area contributed by atoms with Crippen LogP contribution in [0, 0.1) is 29.6 Å². The average Bonchev–Trinajstić information content (AvgIpc) is 2.88. The molecular formula is C15H14N4O2. The van der Waals surface area contributed by atoms with Crippen LogP contribution in [0.1, 0.15) is 17.0 Å². The van der Waals surface area contributed by atoms with Crippen LogP contribution in [-0.2, 0) is 6.54 Å². The van der Waals surface area contributed by atoms with Gasteiger partial charge in [0.05, 0.1) is 12.9 Å². The van der Waals surface area contributed by atoms with Gasteiger partial charge >= 0.3 is 0 Å². The number of rotatable bonds is 5. The highest BCUT2D eigenvalue weighted by Gasteiger charge is 2.13. The van der Waals surface area contributed by atoms with Crippen LogP contribution in [0.15, 0.2) is 30.6 Å². The molecular weight excluding hydrogens is 268 g/mol. The Balaban J connectivity index is 1.95. The topological polar surface area (TPSA) is 94.9 Å². The van der Waals surface area contributed by atoms with Crippen LogP contribution in [0.2, 0.25) is 0 Å². The molecule has 0 fully saturated rings. The summed E-state index contributed by atoms with van der Waals surface area (Å²) in [5.74, 6) is 0.670. The zero-order chi connectivity index (χ0) is 15.2. The first-order valence-corrected chi connectivity index (χ1v) is 6.37. The second kappa shape index (κ2) is 6.56. The maximum absolute atomic E-state index is 9.95. The van der Waals surface area contributed by atoms with E-state index in [4.69, 9.17) is 15.3 Å². The summed E-state index contributed by atoms with van der Waals surface area (Å²) in [6, 6.07) is 11.2. The van der Waals surface area contributed by atoms with Crippen molar-refractivity contribution in [1.29, 1.82) is 10.5 Å². The number of hydrogen-bond acceptors (Lipinski definition) is 5. The Kier molecular flexibility index (Phi) is 4.55. The molecule has 0 amide bonds. The fourth-order valence-corrected chi connectivity index (χ4v) is 1.83. The number of aliphatic hydroxyl groups is 1. The van der Waals surface area contributed by atoms with E-state index in [0.29, 0.717) is 5.75 Å². The number of aliphatic hydroxyl groups excluding tert-OH is 1. The van der Waals surface area contributed by atoms with Gasteiger partial charge in [-0.1, -0.05) is 17.7 Å². The molecule has 0 saturated carbocycles. The predicted molar refractivity (Wildman–Crippen MR) is 74.3 cm³/mol. The molecule has 1 heterocycles. The Hall–Kier alpha value is -2.83. The van der Waals surface area contributed by atoms with E-state index >= 15 is 0 Å². The fraction of sp³-hybridized carbons (Fsp3) is 0.267. The maximum atomic E-state index is 9.95. The highest BCUT2D eigenvalue weighted by atomic mass is 16.5. The molecule has 0 spiro atoms. The lowest BCUT2D eigenvalue weighted by atomic mass is 10.2. The molecule has 1 unspecified atom stereocenters. The number of aromatic nitrogens is 2. The Morgan fingerprint density at radius 1 is 1.29 bits per heavy atom. The van der Waals surface area contributed by atoms with E-state index in [1.54, 1.807) is 0 Å². The molecule has 1 aromatic heterocycles. The van der Waals surface area contributed by atoms with E-state index in [-0.39, 0.29) is 24.5 Å². The van der Waals surface area contributed by atoms with E-state index < -0.39 is 6.10 Å². The van der Waals surface area contributed by atoms with Gasteiger partial charge in [-0.05, 0) is 19.1 Å². The first-order valence-electron chi connectivity index (χ1n) is 6.37. The standard InChI is InChI=1S/C15H14N4O2/c1-11-2-4-13(5-3-11)21-9-12(20)8-19-10-18-14(6-16)15(19)7-17/h2-5,10,12,20H,8-9H2,1H3. The normalized spacial score (nSPS) is 11.4. The van der Waals surface area contributed by atoms with Crippen LogP contribution in [0.25, 0.3) is 0 Å². The second-order valence-corrected chi connectivity index (χ2v) is 4.60. The molecule has 0 radical (unpaired) electrons. The van der Waals surface area contributed by atoms with Gasteiger partial charge in [0.15, 0.2) is 11.4 Å². The number of nitriles is 2. The smallest absolute Gasteiger partial charge is 0.176 e. The fourth-order valence-electron chi connectivity index (χ4n) is 1.83. The van der Waals surface area contributed by atoms with Crippen LogP contribution >= 0.6 is 0 Å². The van der Waals surface area contributed by atoms with Gasteiger partial charge in [-0.25, -0.2) is 4.98 Å². The third-order valence-electron chi connectivity index (χ3n) is 2.92. The van der Waals surface area contributed by atoms with Crippen molar-refractivity contribution in [2.24, 2.45) is 0 Å². The highest BCUT2D eigenvalue weighted by molar-refractivity contribution is 5.36. The lowest BCUT2D eigenvalue weighted by molar-refractivity contribution is 0.0922. The van der Waals surface area contributed by atoms with Crippen molar-refractivity contribution in [3.05, 3.63) is 47.5 Å². The highest BCUT2D eigenvalue weighted by Crippen LogP contribution is 2.12. The van der Waals surface area contributed by atoms with Gasteiger partial charge in [0.2, 0.25) is 0 Å². The molecule has 1 N–H and O–H groups in total. The van der Waals surface area contributed by atoms with Gasteiger partial charge in [-0.2, -0.15) is 10.5 Å². The van der Waals surface area contributed by atoms with E-state index in [0.717, 1.165) is 5.56 Å². The SMILES string of the molecule is Cc1ccc(OCC(O)Cn2cnc(C#N)c2C#N)cc1. The molecule has 2 aromatic rings. The van der Waals surface area contributed by atoms with E-state index in [9.17, 15) is 5.11 Å². The summed E-state index contributed by atoms with van der Waals surface area (Å²) >= 11 is 0. The number of imidazole rings is 1. The van der Waals surface area contributed by atoms with Gasteiger partial charge in [0.1, 0.15) is 30.6 Å². The quantitative estimate of drug-likeness (QED) is 0.893. The molecule has 21 heavy (non-hydrogen) atoms. The average molecular weight is 282 g/mol. The second-order valence-electron chi connectivity index (χ2n) is 4.60. The third kappa shape index (κ3) is 3.59. The molecule has 2 rings (SSSR count). The molecule has 6 heteroatoms. The first-order chi connectivity index (χ1) is 10.1. The van der Waals surface area contributed by atoms with Crippen LogP contribution in [0.4, 0.5) is 0 Å². The van der Waals surface area contributed by atoms with Gasteiger partial charge in [0.25, 0.3) is 0 Å². The van der Waals surface area contributed by atoms with E-state index in [1.165, 1.54) is 10.9 Å². The molecule has 1 aromatic carbocycles. The largest absolute Gasteiger partial charge is 0.491 e. The van der Waals surface area contributed by atoms with Crippen LogP contribution in [0.3, 0.4) is 0 Å². The van der Waals surface area contributed by atoms with Crippen molar-refractivity contribution < 1.29 is 9.84 Å². The lowest BCUT2D eigenvalue weighted by Crippen LogP contribution is -2.24. The van der Waals surface area contributed by atoms with E-state index in [1.807, 2.05) is 43.3 Å². The summed E-state index contributed by atoms with van der Waals surface area (Å²) < 4.78 is 6.92. The van der Waals surface area contributed by atoms with E-state index in [2.05, 4.69) is 4.98 Å². The summed E-state index contributed by atoms with van der Waals surface area (Å²) in [6.07, 6.45) is 0.561. The summed E-state index contributed by atoms with van der Waals surface area (Å²) in [5.41, 5.74) is 1.33. The van der Waals surface area contributed by atoms with Crippen molar-refractivity contribution >= 4 is 0 Å². The number of ether oxygens (including phenoxy) is 1. The van der Waals surface area contributed by atoms with Gasteiger partial charge in [-0.3, -0.25) is 0 Å². The Morgan fingerprint density at radius 3 is 2.62 bits per heavy atom. The Bertz CT molecular complexity index is 692. The maximum Gasteiger partial charge on any atom is 0.176 e. The van der Waals surface area contributed by atoms with Crippen molar-refractivity contribution in [2.45, 2.75) is 19.6 Å². The third-order valence-corrected chi connectivity index (χ3v) is 2.92. The molecule has 0 aliphatic carbocycles. The van der Waals surface area contributed by atoms with Gasteiger partial charge in [-0.15, -0.1) is 0 Å². The van der Waals surface area contributed by atoms with Gasteiger partial charge < -0.3 is 14.4 Å². The minimum Gasteiger partial charge on any atom is -0.491 e. The van der Waals surface area contributed by atoms with Crippen molar-refractivity contribution in [2.75, 3.05) is 6.61 Å². The number of hydrogen-bond donors (Lipinski definition) is 1. The summed E-state index contributed by atoms with van der Waals surface area (Å²) in [7, 11) is 0. The molecule has 0 bridgehead atoms. The number of aryl methyl sites for hydroxylation is 1. The molecule has 0 aliphatic rings. The van der Waals surface area contributed by atoms with Crippen LogP contribution < -0.4 is 4.74 Å². The molecule has 0 saturated heterocycles. The Morgan fingerprint density at radius 2 is 2.00 bits per heavy atom. The van der Waals surface area contributed by atoms with Crippen LogP contribution in [-0.4, -0.2) is 27.4 Å². The molecule has 106 valence electrons. The summed E-state index contributed by atoms with van der Waals surface area (Å²) in [6.45, 7) is 2.21. The molecule has 1 atom stereocenters. The predicted octanol–water partition coefficient (Wildman–Crippen LogP) is 1.37. The minimum absolute atomic E-state index is 0.0594. The van der Waals surface area contributed by atoms with Crippen molar-refractivity contribution in [3.63, 3.8) is 0 Å². The summed E-state index contributed by atoms with van der Waals surface area (Å²) in [4.78, 5) is 3.81. The van der Waals surface area contributed by atoms with Crippen molar-refractivity contribution in [3.8, 4) is 17.9 Å². The van der Waals surface area contributed by atoms with Crippen molar-refractivity contribution in [1.82, 2.24) is 9.55 Å². The number of nitrogens with zero attached hydrogens (tertiary/aromatic N) is 4. The minimum atomic E-state index is -0.806. The molecule has 6 nitrogen and oxygen atoms in total.